The molecule has 0 radical (unpaired) electrons. The van der Waals surface area contributed by atoms with Crippen molar-refractivity contribution in [3.8, 4) is 0 Å². The lowest BCUT2D eigenvalue weighted by atomic mass is 9.86. The van der Waals surface area contributed by atoms with Gasteiger partial charge < -0.3 is 15.5 Å². The minimum atomic E-state index is -0.487. The van der Waals surface area contributed by atoms with E-state index in [0.717, 1.165) is 13.1 Å². The molecule has 0 spiro atoms. The van der Waals surface area contributed by atoms with Crippen molar-refractivity contribution in [3.05, 3.63) is 0 Å². The number of nitrogens with two attached hydrogens (primary N) is 1. The highest BCUT2D eigenvalue weighted by molar-refractivity contribution is 5.85. The summed E-state index contributed by atoms with van der Waals surface area (Å²) in [5, 5.41) is 0. The zero-order chi connectivity index (χ0) is 16.3. The van der Waals surface area contributed by atoms with E-state index in [9.17, 15) is 9.59 Å². The van der Waals surface area contributed by atoms with Crippen molar-refractivity contribution < 1.29 is 9.59 Å². The van der Waals surface area contributed by atoms with Gasteiger partial charge in [0.15, 0.2) is 0 Å². The van der Waals surface area contributed by atoms with Crippen LogP contribution in [0.25, 0.3) is 0 Å². The van der Waals surface area contributed by atoms with Crippen LogP contribution >= 0.6 is 24.8 Å². The molecule has 2 saturated heterocycles. The summed E-state index contributed by atoms with van der Waals surface area (Å²) in [6.45, 7) is 10.9. The predicted molar refractivity (Wildman–Crippen MR) is 101 cm³/mol. The number of halogens is 2. The SMILES string of the molecule is CC(C)(C)[C@H](N)C(=O)N1CCN(C(=O)CN2CCCC2)CC1.Cl.Cl. The van der Waals surface area contributed by atoms with Gasteiger partial charge in [-0.05, 0) is 31.3 Å². The summed E-state index contributed by atoms with van der Waals surface area (Å²) in [6.07, 6.45) is 2.39. The van der Waals surface area contributed by atoms with Gasteiger partial charge in [-0.2, -0.15) is 0 Å². The van der Waals surface area contributed by atoms with Crippen molar-refractivity contribution in [2.45, 2.75) is 39.7 Å². The zero-order valence-electron chi connectivity index (χ0n) is 15.0. The Bertz CT molecular complexity index is 415. The van der Waals surface area contributed by atoms with Crippen molar-refractivity contribution >= 4 is 36.6 Å². The predicted octanol–water partition coefficient (Wildman–Crippen LogP) is 0.970. The average molecular weight is 383 g/mol. The van der Waals surface area contributed by atoms with Crippen LogP contribution in [0.1, 0.15) is 33.6 Å². The molecule has 2 aliphatic heterocycles. The Morgan fingerprint density at radius 3 is 1.83 bits per heavy atom. The summed E-state index contributed by atoms with van der Waals surface area (Å²) in [4.78, 5) is 30.6. The first-order valence-electron chi connectivity index (χ1n) is 8.33. The van der Waals surface area contributed by atoms with Gasteiger partial charge in [-0.25, -0.2) is 0 Å². The van der Waals surface area contributed by atoms with Crippen LogP contribution in [-0.4, -0.2) is 78.4 Å². The monoisotopic (exact) mass is 382 g/mol. The maximum Gasteiger partial charge on any atom is 0.240 e. The third kappa shape index (κ3) is 6.06. The second kappa shape index (κ2) is 9.80. The first-order chi connectivity index (χ1) is 10.3. The lowest BCUT2D eigenvalue weighted by Gasteiger charge is -2.38. The van der Waals surface area contributed by atoms with E-state index in [1.165, 1.54) is 12.8 Å². The highest BCUT2D eigenvalue weighted by Gasteiger charge is 2.33. The Morgan fingerprint density at radius 2 is 1.38 bits per heavy atom. The number of hydrogen-bond donors (Lipinski definition) is 1. The molecule has 2 amide bonds. The number of carbonyl (C=O) groups is 2. The second-order valence-electron chi connectivity index (χ2n) is 7.53. The molecule has 2 heterocycles. The molecule has 8 heteroatoms. The summed E-state index contributed by atoms with van der Waals surface area (Å²) < 4.78 is 0. The van der Waals surface area contributed by atoms with Crippen LogP contribution in [0.4, 0.5) is 0 Å². The van der Waals surface area contributed by atoms with Crippen LogP contribution in [0.5, 0.6) is 0 Å². The number of amides is 2. The third-order valence-corrected chi connectivity index (χ3v) is 4.70. The van der Waals surface area contributed by atoms with E-state index in [1.807, 2.05) is 25.7 Å². The van der Waals surface area contributed by atoms with Crippen LogP contribution in [-0.2, 0) is 9.59 Å². The van der Waals surface area contributed by atoms with Gasteiger partial charge in [0.2, 0.25) is 11.8 Å². The van der Waals surface area contributed by atoms with E-state index in [2.05, 4.69) is 4.90 Å². The number of nitrogens with zero attached hydrogens (tertiary/aromatic N) is 3. The Kier molecular flexibility index (Phi) is 9.57. The van der Waals surface area contributed by atoms with Crippen LogP contribution in [0, 0.1) is 5.41 Å². The maximum atomic E-state index is 12.4. The van der Waals surface area contributed by atoms with Crippen LogP contribution < -0.4 is 5.73 Å². The van der Waals surface area contributed by atoms with Gasteiger partial charge in [0, 0.05) is 26.2 Å². The van der Waals surface area contributed by atoms with Gasteiger partial charge in [-0.3, -0.25) is 14.5 Å². The van der Waals surface area contributed by atoms with Crippen molar-refractivity contribution in [2.75, 3.05) is 45.8 Å². The van der Waals surface area contributed by atoms with E-state index in [-0.39, 0.29) is 42.0 Å². The lowest BCUT2D eigenvalue weighted by Crippen LogP contribution is -2.57. The normalized spacial score (nSPS) is 20.2. The molecular formula is C16H32Cl2N4O2. The molecule has 2 fully saturated rings. The largest absolute Gasteiger partial charge is 0.338 e. The molecule has 142 valence electrons. The summed E-state index contributed by atoms with van der Waals surface area (Å²) in [6, 6.07) is -0.487. The van der Waals surface area contributed by atoms with E-state index in [0.29, 0.717) is 32.7 Å². The molecule has 6 nitrogen and oxygen atoms in total. The standard InChI is InChI=1S/C16H30N4O2.2ClH/c1-16(2,3)14(17)15(22)20-10-8-19(9-11-20)13(21)12-18-6-4-5-7-18;;/h14H,4-12,17H2,1-3H3;2*1H/t14-;;/m1../s1. The van der Waals surface area contributed by atoms with Crippen LogP contribution in [0.15, 0.2) is 0 Å². The van der Waals surface area contributed by atoms with Gasteiger partial charge in [0.05, 0.1) is 12.6 Å². The average Bonchev–Trinajstić information content (AvgIpc) is 2.97. The molecule has 0 aromatic carbocycles. The number of likely N-dealkylation sites (tertiary alicyclic amines) is 1. The number of piperazine rings is 1. The molecule has 1 atom stereocenters. The lowest BCUT2D eigenvalue weighted by molar-refractivity contribution is -0.142. The van der Waals surface area contributed by atoms with Crippen LogP contribution in [0.3, 0.4) is 0 Å². The number of carbonyl (C=O) groups excluding carboxylic acids is 2. The Balaban J connectivity index is 0.00000264. The van der Waals surface area contributed by atoms with Gasteiger partial charge in [0.1, 0.15) is 0 Å². The summed E-state index contributed by atoms with van der Waals surface area (Å²) >= 11 is 0. The van der Waals surface area contributed by atoms with E-state index < -0.39 is 6.04 Å². The second-order valence-corrected chi connectivity index (χ2v) is 7.53. The van der Waals surface area contributed by atoms with Crippen molar-refractivity contribution in [3.63, 3.8) is 0 Å². The minimum absolute atomic E-state index is 0. The van der Waals surface area contributed by atoms with Crippen LogP contribution in [0.2, 0.25) is 0 Å². The quantitative estimate of drug-likeness (QED) is 0.789. The smallest absolute Gasteiger partial charge is 0.240 e. The Labute approximate surface area is 157 Å². The molecule has 0 aromatic rings. The highest BCUT2D eigenvalue weighted by atomic mass is 35.5. The van der Waals surface area contributed by atoms with Gasteiger partial charge >= 0.3 is 0 Å². The maximum absolute atomic E-state index is 12.4. The van der Waals surface area contributed by atoms with Crippen molar-refractivity contribution in [1.82, 2.24) is 14.7 Å². The Morgan fingerprint density at radius 1 is 0.917 bits per heavy atom. The van der Waals surface area contributed by atoms with Gasteiger partial charge in [0.25, 0.3) is 0 Å². The highest BCUT2D eigenvalue weighted by Crippen LogP contribution is 2.20. The molecule has 24 heavy (non-hydrogen) atoms. The van der Waals surface area contributed by atoms with E-state index >= 15 is 0 Å². The Hall–Kier alpha value is -0.560. The summed E-state index contributed by atoms with van der Waals surface area (Å²) in [5.41, 5.74) is 5.81. The molecule has 0 bridgehead atoms. The summed E-state index contributed by atoms with van der Waals surface area (Å²) in [5.74, 6) is 0.188. The fourth-order valence-corrected chi connectivity index (χ4v) is 2.98. The first kappa shape index (κ1) is 23.4. The van der Waals surface area contributed by atoms with E-state index in [1.54, 1.807) is 4.90 Å². The first-order valence-corrected chi connectivity index (χ1v) is 8.33. The molecule has 2 rings (SSSR count). The summed E-state index contributed by atoms with van der Waals surface area (Å²) in [7, 11) is 0. The van der Waals surface area contributed by atoms with Crippen molar-refractivity contribution in [2.24, 2.45) is 11.1 Å². The molecule has 0 saturated carbocycles. The molecule has 0 unspecified atom stereocenters. The number of hydrogen-bond acceptors (Lipinski definition) is 4. The molecule has 2 aliphatic rings. The van der Waals surface area contributed by atoms with Gasteiger partial charge in [-0.15, -0.1) is 24.8 Å². The molecule has 0 aromatic heterocycles. The fraction of sp³-hybridized carbons (Fsp3) is 0.875. The van der Waals surface area contributed by atoms with Gasteiger partial charge in [-0.1, -0.05) is 20.8 Å². The number of rotatable bonds is 3. The molecule has 2 N–H and O–H groups in total. The fourth-order valence-electron chi connectivity index (χ4n) is 2.98. The van der Waals surface area contributed by atoms with Crippen molar-refractivity contribution in [1.29, 1.82) is 0 Å². The molecule has 0 aliphatic carbocycles. The van der Waals surface area contributed by atoms with E-state index in [4.69, 9.17) is 5.73 Å². The zero-order valence-corrected chi connectivity index (χ0v) is 16.6. The topological polar surface area (TPSA) is 69.9 Å². The third-order valence-electron chi connectivity index (χ3n) is 4.70. The molecular weight excluding hydrogens is 351 g/mol. The minimum Gasteiger partial charge on any atom is -0.338 e.